The lowest BCUT2D eigenvalue weighted by Gasteiger charge is -2.39. The van der Waals surface area contributed by atoms with Crippen LogP contribution in [-0.2, 0) is 9.59 Å². The largest absolute Gasteiger partial charge is 0.302 e. The number of hydrogen-bond donors (Lipinski definition) is 2. The van der Waals surface area contributed by atoms with Gasteiger partial charge in [-0.2, -0.15) is 11.8 Å². The summed E-state index contributed by atoms with van der Waals surface area (Å²) in [4.78, 5) is 24.6. The fourth-order valence-corrected chi connectivity index (χ4v) is 3.14. The maximum Gasteiger partial charge on any atom is 0.242 e. The van der Waals surface area contributed by atoms with Gasteiger partial charge in [-0.1, -0.05) is 20.3 Å². The summed E-state index contributed by atoms with van der Waals surface area (Å²) in [6, 6.07) is 0. The quantitative estimate of drug-likeness (QED) is 0.577. The van der Waals surface area contributed by atoms with Crippen LogP contribution in [0, 0.1) is 11.3 Å². The predicted molar refractivity (Wildman–Crippen MR) is 78.4 cm³/mol. The summed E-state index contributed by atoms with van der Waals surface area (Å²) in [6.45, 7) is 4.03. The zero-order valence-electron chi connectivity index (χ0n) is 11.0. The number of thioether (sulfide) groups is 1. The molecule has 1 aliphatic heterocycles. The molecule has 0 aromatic heterocycles. The molecule has 1 heterocycles. The van der Waals surface area contributed by atoms with Gasteiger partial charge in [-0.3, -0.25) is 9.59 Å². The van der Waals surface area contributed by atoms with Gasteiger partial charge in [0, 0.05) is 0 Å². The van der Waals surface area contributed by atoms with Gasteiger partial charge in [0.2, 0.25) is 11.8 Å². The number of rotatable bonds is 6. The molecule has 0 aliphatic carbocycles. The molecule has 102 valence electrons. The van der Waals surface area contributed by atoms with Gasteiger partial charge in [0.05, 0.1) is 0 Å². The molecule has 1 fully saturated rings. The van der Waals surface area contributed by atoms with E-state index in [1.54, 1.807) is 11.8 Å². The average molecular weight is 288 g/mol. The molecule has 1 atom stereocenters. The Balaban J connectivity index is 3.04. The Labute approximate surface area is 118 Å². The molecule has 2 amide bonds. The Bertz CT molecular complexity index is 338. The second kappa shape index (κ2) is 6.52. The highest BCUT2D eigenvalue weighted by molar-refractivity contribution is 7.98. The van der Waals surface area contributed by atoms with Crippen molar-refractivity contribution >= 4 is 40.9 Å². The van der Waals surface area contributed by atoms with Crippen molar-refractivity contribution in [3.63, 3.8) is 0 Å². The minimum Gasteiger partial charge on any atom is -0.302 e. The van der Waals surface area contributed by atoms with Crippen LogP contribution in [0.5, 0.6) is 0 Å². The molecule has 1 aliphatic rings. The Morgan fingerprint density at radius 1 is 1.33 bits per heavy atom. The second-order valence-corrected chi connectivity index (χ2v) is 6.04. The van der Waals surface area contributed by atoms with E-state index in [4.69, 9.17) is 12.2 Å². The maximum absolute atomic E-state index is 12.3. The molecule has 0 bridgehead atoms. The standard InChI is InChI=1S/C12H20N2O2S2/c1-4-5-8(2)12(6-7-18-3)9(15)13-11(17)14-10(12)16/h8H,4-7H2,1-3H3,(H2,13,14,15,16,17)/t8-/m0/s1. The van der Waals surface area contributed by atoms with Crippen LogP contribution in [0.3, 0.4) is 0 Å². The number of thiocarbonyl (C=S) groups is 1. The van der Waals surface area contributed by atoms with Gasteiger partial charge in [-0.25, -0.2) is 0 Å². The smallest absolute Gasteiger partial charge is 0.242 e. The minimum absolute atomic E-state index is 0.0118. The third-order valence-corrected chi connectivity index (χ3v) is 4.34. The number of carbonyl (C=O) groups is 2. The lowest BCUT2D eigenvalue weighted by Crippen LogP contribution is -2.64. The molecule has 0 spiro atoms. The molecule has 0 saturated carbocycles. The molecule has 2 N–H and O–H groups in total. The van der Waals surface area contributed by atoms with E-state index in [-0.39, 0.29) is 22.8 Å². The number of nitrogens with one attached hydrogen (secondary N) is 2. The first-order chi connectivity index (χ1) is 8.48. The van der Waals surface area contributed by atoms with Crippen LogP contribution in [-0.4, -0.2) is 28.9 Å². The summed E-state index contributed by atoms with van der Waals surface area (Å²) in [5.74, 6) is 0.303. The third-order valence-electron chi connectivity index (χ3n) is 3.53. The average Bonchev–Trinajstić information content (AvgIpc) is 2.28. The van der Waals surface area contributed by atoms with E-state index in [9.17, 15) is 9.59 Å². The van der Waals surface area contributed by atoms with Crippen LogP contribution >= 0.6 is 24.0 Å². The Hall–Kier alpha value is -0.620. The maximum atomic E-state index is 12.3. The fraction of sp³-hybridized carbons (Fsp3) is 0.750. The fourth-order valence-electron chi connectivity index (χ4n) is 2.43. The van der Waals surface area contributed by atoms with Gasteiger partial charge >= 0.3 is 0 Å². The first-order valence-corrected chi connectivity index (χ1v) is 7.95. The van der Waals surface area contributed by atoms with Crippen molar-refractivity contribution in [3.8, 4) is 0 Å². The number of carbonyl (C=O) groups excluding carboxylic acids is 2. The first kappa shape index (κ1) is 15.4. The first-order valence-electron chi connectivity index (χ1n) is 6.14. The van der Waals surface area contributed by atoms with Crippen molar-refractivity contribution in [2.24, 2.45) is 11.3 Å². The van der Waals surface area contributed by atoms with Gasteiger partial charge in [-0.15, -0.1) is 0 Å². The lowest BCUT2D eigenvalue weighted by atomic mass is 9.70. The molecule has 6 heteroatoms. The summed E-state index contributed by atoms with van der Waals surface area (Å²) in [5, 5.41) is 5.32. The second-order valence-electron chi connectivity index (χ2n) is 4.64. The van der Waals surface area contributed by atoms with Crippen LogP contribution in [0.1, 0.15) is 33.1 Å². The summed E-state index contributed by atoms with van der Waals surface area (Å²) in [5.41, 5.74) is -0.971. The molecular formula is C12H20N2O2S2. The van der Waals surface area contributed by atoms with E-state index >= 15 is 0 Å². The van der Waals surface area contributed by atoms with Crippen molar-refractivity contribution < 1.29 is 9.59 Å². The van der Waals surface area contributed by atoms with Crippen molar-refractivity contribution in [2.45, 2.75) is 33.1 Å². The van der Waals surface area contributed by atoms with Crippen molar-refractivity contribution in [3.05, 3.63) is 0 Å². The molecule has 0 aromatic carbocycles. The number of amides is 2. The minimum atomic E-state index is -0.971. The van der Waals surface area contributed by atoms with Gasteiger partial charge in [-0.05, 0) is 43.0 Å². The van der Waals surface area contributed by atoms with Crippen molar-refractivity contribution in [1.29, 1.82) is 0 Å². The molecule has 0 radical (unpaired) electrons. The molecule has 1 saturated heterocycles. The highest BCUT2D eigenvalue weighted by Gasteiger charge is 2.52. The monoisotopic (exact) mass is 288 g/mol. The normalized spacial score (nSPS) is 20.3. The number of hydrogen-bond acceptors (Lipinski definition) is 4. The molecule has 4 nitrogen and oxygen atoms in total. The molecule has 1 rings (SSSR count). The summed E-state index contributed by atoms with van der Waals surface area (Å²) >= 11 is 6.50. The van der Waals surface area contributed by atoms with Gasteiger partial charge < -0.3 is 10.6 Å². The zero-order valence-corrected chi connectivity index (χ0v) is 12.7. The van der Waals surface area contributed by atoms with E-state index in [1.165, 1.54) is 0 Å². The Morgan fingerprint density at radius 2 is 1.89 bits per heavy atom. The van der Waals surface area contributed by atoms with Crippen molar-refractivity contribution in [2.75, 3.05) is 12.0 Å². The van der Waals surface area contributed by atoms with Gasteiger partial charge in [0.15, 0.2) is 5.11 Å². The van der Waals surface area contributed by atoms with E-state index in [1.807, 2.05) is 13.2 Å². The van der Waals surface area contributed by atoms with E-state index in [0.717, 1.165) is 18.6 Å². The predicted octanol–water partition coefficient (Wildman–Crippen LogP) is 1.69. The SMILES string of the molecule is CCC[C@H](C)C1(CCSC)C(=O)NC(=S)NC1=O. The van der Waals surface area contributed by atoms with E-state index < -0.39 is 5.41 Å². The molecular weight excluding hydrogens is 268 g/mol. The van der Waals surface area contributed by atoms with Crippen LogP contribution in [0.25, 0.3) is 0 Å². The van der Waals surface area contributed by atoms with Crippen LogP contribution in [0.15, 0.2) is 0 Å². The molecule has 0 unspecified atom stereocenters. The highest BCUT2D eigenvalue weighted by Crippen LogP contribution is 2.37. The topological polar surface area (TPSA) is 58.2 Å². The van der Waals surface area contributed by atoms with Gasteiger partial charge in [0.1, 0.15) is 5.41 Å². The molecule has 0 aromatic rings. The third kappa shape index (κ3) is 2.85. The van der Waals surface area contributed by atoms with Crippen LogP contribution < -0.4 is 10.6 Å². The Kier molecular flexibility index (Phi) is 5.59. The molecule has 18 heavy (non-hydrogen) atoms. The zero-order chi connectivity index (χ0) is 13.8. The van der Waals surface area contributed by atoms with Crippen molar-refractivity contribution in [1.82, 2.24) is 10.6 Å². The lowest BCUT2D eigenvalue weighted by molar-refractivity contribution is -0.147. The Morgan fingerprint density at radius 3 is 2.33 bits per heavy atom. The van der Waals surface area contributed by atoms with E-state index in [0.29, 0.717) is 6.42 Å². The highest BCUT2D eigenvalue weighted by atomic mass is 32.2. The van der Waals surface area contributed by atoms with Gasteiger partial charge in [0.25, 0.3) is 0 Å². The van der Waals surface area contributed by atoms with Crippen LogP contribution in [0.4, 0.5) is 0 Å². The van der Waals surface area contributed by atoms with E-state index in [2.05, 4.69) is 17.6 Å². The summed E-state index contributed by atoms with van der Waals surface area (Å²) < 4.78 is 0. The summed E-state index contributed by atoms with van der Waals surface area (Å²) in [7, 11) is 0. The summed E-state index contributed by atoms with van der Waals surface area (Å²) in [6.07, 6.45) is 4.33. The van der Waals surface area contributed by atoms with Crippen LogP contribution in [0.2, 0.25) is 0 Å².